The van der Waals surface area contributed by atoms with Gasteiger partial charge >= 0.3 is 5.97 Å². The van der Waals surface area contributed by atoms with E-state index in [-0.39, 0.29) is 12.6 Å². The Balaban J connectivity index is 1.97. The zero-order valence-corrected chi connectivity index (χ0v) is 7.34. The lowest BCUT2D eigenvalue weighted by Gasteiger charge is -2.07. The summed E-state index contributed by atoms with van der Waals surface area (Å²) in [6, 6.07) is 0. The largest absolute Gasteiger partial charge is 0.467 e. The molecule has 0 aromatic rings. The first-order valence-electron chi connectivity index (χ1n) is 4.18. The van der Waals surface area contributed by atoms with Crippen LogP contribution in [0.2, 0.25) is 0 Å². The number of esters is 1. The number of methoxy groups -OCH3 is 1. The lowest BCUT2D eigenvalue weighted by atomic mass is 10.1. The zero-order chi connectivity index (χ0) is 8.81. The Morgan fingerprint density at radius 1 is 1.67 bits per heavy atom. The van der Waals surface area contributed by atoms with Crippen LogP contribution in [0.25, 0.3) is 0 Å². The van der Waals surface area contributed by atoms with E-state index in [9.17, 15) is 4.79 Å². The molecule has 1 heterocycles. The summed E-state index contributed by atoms with van der Waals surface area (Å²) in [6.07, 6.45) is 1.14. The first-order chi connectivity index (χ1) is 5.83. The van der Waals surface area contributed by atoms with Crippen molar-refractivity contribution < 1.29 is 14.3 Å². The molecule has 1 atom stereocenters. The molecule has 1 saturated heterocycles. The lowest BCUT2D eigenvalue weighted by molar-refractivity contribution is -0.146. The van der Waals surface area contributed by atoms with E-state index >= 15 is 0 Å². The van der Waals surface area contributed by atoms with Crippen LogP contribution in [0.15, 0.2) is 0 Å². The topological polar surface area (TPSA) is 47.6 Å². The fraction of sp³-hybridized carbons (Fsp3) is 0.875. The number of carbonyl (C=O) groups is 1. The Hall–Kier alpha value is -0.610. The highest BCUT2D eigenvalue weighted by atomic mass is 16.6. The molecule has 4 heteroatoms. The van der Waals surface area contributed by atoms with Gasteiger partial charge in [0.1, 0.15) is 6.61 Å². The molecule has 1 aliphatic rings. The second-order valence-corrected chi connectivity index (χ2v) is 2.95. The van der Waals surface area contributed by atoms with Crippen molar-refractivity contribution in [3.05, 3.63) is 0 Å². The highest BCUT2D eigenvalue weighted by Crippen LogP contribution is 2.06. The maximum Gasteiger partial charge on any atom is 0.331 e. The summed E-state index contributed by atoms with van der Waals surface area (Å²) in [5.74, 6) is 0.260. The van der Waals surface area contributed by atoms with Gasteiger partial charge in [0.05, 0.1) is 13.7 Å². The molecular formula is C8H15NO3. The van der Waals surface area contributed by atoms with Crippen molar-refractivity contribution in [3.63, 3.8) is 0 Å². The summed E-state index contributed by atoms with van der Waals surface area (Å²) >= 11 is 0. The predicted molar refractivity (Wildman–Crippen MR) is 43.8 cm³/mol. The minimum absolute atomic E-state index is 0.0764. The smallest absolute Gasteiger partial charge is 0.331 e. The molecule has 0 saturated carbocycles. The molecule has 4 nitrogen and oxygen atoms in total. The van der Waals surface area contributed by atoms with Crippen molar-refractivity contribution in [1.82, 2.24) is 5.32 Å². The van der Waals surface area contributed by atoms with Crippen molar-refractivity contribution in [2.75, 3.05) is 33.4 Å². The molecule has 0 amide bonds. The highest BCUT2D eigenvalue weighted by molar-refractivity contribution is 5.70. The van der Waals surface area contributed by atoms with Gasteiger partial charge in [0.25, 0.3) is 0 Å². The van der Waals surface area contributed by atoms with Crippen molar-refractivity contribution >= 4 is 5.97 Å². The van der Waals surface area contributed by atoms with Gasteiger partial charge in [-0.2, -0.15) is 0 Å². The standard InChI is InChI=1S/C8H15NO3/c1-11-8(10)6-12-5-7-2-3-9-4-7/h7,9H,2-6H2,1H3. The van der Waals surface area contributed by atoms with Crippen molar-refractivity contribution in [1.29, 1.82) is 0 Å². The molecule has 0 bridgehead atoms. The monoisotopic (exact) mass is 173 g/mol. The Kier molecular flexibility index (Phi) is 4.04. The molecule has 70 valence electrons. The van der Waals surface area contributed by atoms with Gasteiger partial charge in [-0.15, -0.1) is 0 Å². The molecule has 1 rings (SSSR count). The number of carbonyl (C=O) groups excluding carboxylic acids is 1. The maximum atomic E-state index is 10.6. The van der Waals surface area contributed by atoms with E-state index < -0.39 is 0 Å². The Labute approximate surface area is 72.2 Å². The lowest BCUT2D eigenvalue weighted by Crippen LogP contribution is -2.17. The molecule has 0 aromatic heterocycles. The van der Waals surface area contributed by atoms with E-state index in [4.69, 9.17) is 4.74 Å². The predicted octanol–water partition coefficient (Wildman–Crippen LogP) is -0.215. The number of ether oxygens (including phenoxy) is 2. The normalized spacial score (nSPS) is 22.6. The molecule has 1 aliphatic heterocycles. The minimum Gasteiger partial charge on any atom is -0.467 e. The van der Waals surface area contributed by atoms with Crippen LogP contribution in [0.4, 0.5) is 0 Å². The molecule has 1 N–H and O–H groups in total. The molecule has 0 aromatic carbocycles. The van der Waals surface area contributed by atoms with E-state index in [1.54, 1.807) is 0 Å². The summed E-state index contributed by atoms with van der Waals surface area (Å²) in [4.78, 5) is 10.6. The van der Waals surface area contributed by atoms with E-state index in [2.05, 4.69) is 10.1 Å². The number of hydrogen-bond acceptors (Lipinski definition) is 4. The third kappa shape index (κ3) is 3.19. The van der Waals surface area contributed by atoms with Crippen LogP contribution >= 0.6 is 0 Å². The fourth-order valence-electron chi connectivity index (χ4n) is 1.22. The molecular weight excluding hydrogens is 158 g/mol. The third-order valence-electron chi connectivity index (χ3n) is 1.96. The van der Waals surface area contributed by atoms with Gasteiger partial charge in [-0.3, -0.25) is 0 Å². The molecule has 12 heavy (non-hydrogen) atoms. The van der Waals surface area contributed by atoms with Crippen LogP contribution in [-0.2, 0) is 14.3 Å². The molecule has 0 radical (unpaired) electrons. The highest BCUT2D eigenvalue weighted by Gasteiger charge is 2.14. The van der Waals surface area contributed by atoms with Crippen LogP contribution in [0.3, 0.4) is 0 Å². The van der Waals surface area contributed by atoms with Gasteiger partial charge in [-0.05, 0) is 18.9 Å². The van der Waals surface area contributed by atoms with E-state index in [0.29, 0.717) is 12.5 Å². The summed E-state index contributed by atoms with van der Waals surface area (Å²) in [5, 5.41) is 3.23. The van der Waals surface area contributed by atoms with Gasteiger partial charge in [-0.1, -0.05) is 0 Å². The molecule has 1 fully saturated rings. The van der Waals surface area contributed by atoms with Gasteiger partial charge < -0.3 is 14.8 Å². The Morgan fingerprint density at radius 3 is 3.08 bits per heavy atom. The summed E-state index contributed by atoms with van der Waals surface area (Å²) < 4.78 is 9.59. The zero-order valence-electron chi connectivity index (χ0n) is 7.34. The van der Waals surface area contributed by atoms with Crippen LogP contribution in [0, 0.1) is 5.92 Å². The SMILES string of the molecule is COC(=O)COCC1CCNC1. The third-order valence-corrected chi connectivity index (χ3v) is 1.96. The number of rotatable bonds is 4. The first kappa shape index (κ1) is 9.48. The average molecular weight is 173 g/mol. The molecule has 0 spiro atoms. The van der Waals surface area contributed by atoms with Crippen LogP contribution in [-0.4, -0.2) is 39.4 Å². The van der Waals surface area contributed by atoms with Crippen molar-refractivity contribution in [3.8, 4) is 0 Å². The van der Waals surface area contributed by atoms with E-state index in [1.807, 2.05) is 0 Å². The van der Waals surface area contributed by atoms with Crippen molar-refractivity contribution in [2.45, 2.75) is 6.42 Å². The Bertz CT molecular complexity index is 143. The minimum atomic E-state index is -0.305. The summed E-state index contributed by atoms with van der Waals surface area (Å²) in [6.45, 7) is 2.79. The van der Waals surface area contributed by atoms with Gasteiger partial charge in [0, 0.05) is 6.54 Å². The first-order valence-corrected chi connectivity index (χ1v) is 4.18. The van der Waals surface area contributed by atoms with E-state index in [1.165, 1.54) is 7.11 Å². The molecule has 0 aliphatic carbocycles. The van der Waals surface area contributed by atoms with Crippen molar-refractivity contribution in [2.24, 2.45) is 5.92 Å². The Morgan fingerprint density at radius 2 is 2.50 bits per heavy atom. The van der Waals surface area contributed by atoms with Gasteiger partial charge in [0.15, 0.2) is 0 Å². The summed E-state index contributed by atoms with van der Waals surface area (Å²) in [7, 11) is 1.36. The van der Waals surface area contributed by atoms with Crippen LogP contribution in [0.1, 0.15) is 6.42 Å². The van der Waals surface area contributed by atoms with E-state index in [0.717, 1.165) is 19.5 Å². The fourth-order valence-corrected chi connectivity index (χ4v) is 1.22. The quantitative estimate of drug-likeness (QED) is 0.597. The second kappa shape index (κ2) is 5.11. The van der Waals surface area contributed by atoms with Gasteiger partial charge in [0.2, 0.25) is 0 Å². The second-order valence-electron chi connectivity index (χ2n) is 2.95. The van der Waals surface area contributed by atoms with Crippen LogP contribution < -0.4 is 5.32 Å². The van der Waals surface area contributed by atoms with Gasteiger partial charge in [-0.25, -0.2) is 4.79 Å². The average Bonchev–Trinajstić information content (AvgIpc) is 2.57. The molecule has 1 unspecified atom stereocenters. The maximum absolute atomic E-state index is 10.6. The number of nitrogens with one attached hydrogen (secondary N) is 1. The number of hydrogen-bond donors (Lipinski definition) is 1. The summed E-state index contributed by atoms with van der Waals surface area (Å²) in [5.41, 5.74) is 0. The van der Waals surface area contributed by atoms with Crippen LogP contribution in [0.5, 0.6) is 0 Å².